The van der Waals surface area contributed by atoms with E-state index in [4.69, 9.17) is 21.3 Å². The van der Waals surface area contributed by atoms with E-state index >= 15 is 0 Å². The lowest BCUT2D eigenvalue weighted by atomic mass is 9.64. The number of esters is 1. The first-order chi connectivity index (χ1) is 13.0. The van der Waals surface area contributed by atoms with Crippen molar-refractivity contribution in [1.82, 2.24) is 4.90 Å². The maximum atomic E-state index is 13.1. The summed E-state index contributed by atoms with van der Waals surface area (Å²) in [5.74, 6) is -0.0927. The minimum Gasteiger partial charge on any atom is -0.449 e. The van der Waals surface area contributed by atoms with Gasteiger partial charge in [-0.05, 0) is 18.1 Å². The summed E-state index contributed by atoms with van der Waals surface area (Å²) in [6.07, 6.45) is 0. The van der Waals surface area contributed by atoms with Crippen molar-refractivity contribution in [3.05, 3.63) is 71.8 Å². The summed E-state index contributed by atoms with van der Waals surface area (Å²) in [5, 5.41) is 0.411. The number of fused-ring (bicyclic) bond motifs is 1. The number of carbonyl (C=O) groups excluding carboxylic acids is 1. The molecule has 0 spiro atoms. The van der Waals surface area contributed by atoms with Crippen molar-refractivity contribution in [3.63, 3.8) is 0 Å². The van der Waals surface area contributed by atoms with Gasteiger partial charge in [0.15, 0.2) is 11.1 Å². The minimum absolute atomic E-state index is 0.0531. The standard InChI is InChI=1S/C22H21ClN2O2/c1-21-17-13-25(12-15-8-4-2-5-9-15)14-18(17)22(20(26)27-21,24-19(21)23)16-10-6-3-7-11-16/h2-11,17-18H,12-14H2,1H3/t17-,18+,21+,22+/m0/s1. The van der Waals surface area contributed by atoms with Crippen molar-refractivity contribution in [1.29, 1.82) is 0 Å². The zero-order valence-electron chi connectivity index (χ0n) is 15.1. The molecule has 27 heavy (non-hydrogen) atoms. The molecule has 0 unspecified atom stereocenters. The van der Waals surface area contributed by atoms with Gasteiger partial charge in [-0.3, -0.25) is 4.90 Å². The molecule has 4 heterocycles. The number of halogens is 1. The highest BCUT2D eigenvalue weighted by Crippen LogP contribution is 2.56. The van der Waals surface area contributed by atoms with Gasteiger partial charge in [0.2, 0.25) is 0 Å². The number of aliphatic imine (C=N–C) groups is 1. The van der Waals surface area contributed by atoms with E-state index in [0.29, 0.717) is 5.17 Å². The van der Waals surface area contributed by atoms with Crippen LogP contribution in [-0.4, -0.2) is 34.7 Å². The molecule has 2 saturated heterocycles. The van der Waals surface area contributed by atoms with Gasteiger partial charge in [0.05, 0.1) is 0 Å². The molecule has 4 nitrogen and oxygen atoms in total. The highest BCUT2D eigenvalue weighted by atomic mass is 35.5. The number of ether oxygens (including phenoxy) is 1. The second-order valence-electron chi connectivity index (χ2n) is 7.92. The number of carbonyl (C=O) groups is 1. The Bertz CT molecular complexity index is 916. The molecule has 4 atom stereocenters. The Hall–Kier alpha value is -2.17. The molecule has 6 rings (SSSR count). The Kier molecular flexibility index (Phi) is 3.72. The number of hydrogen-bond donors (Lipinski definition) is 0. The molecular formula is C22H21ClN2O2. The number of benzene rings is 2. The summed E-state index contributed by atoms with van der Waals surface area (Å²) >= 11 is 6.59. The van der Waals surface area contributed by atoms with Crippen LogP contribution in [0.5, 0.6) is 0 Å². The molecular weight excluding hydrogens is 360 g/mol. The third-order valence-electron chi connectivity index (χ3n) is 6.40. The molecule has 4 aliphatic heterocycles. The summed E-state index contributed by atoms with van der Waals surface area (Å²) in [6, 6.07) is 20.2. The van der Waals surface area contributed by atoms with Gasteiger partial charge in [-0.2, -0.15) is 0 Å². The van der Waals surface area contributed by atoms with Crippen LogP contribution in [0.4, 0.5) is 0 Å². The number of likely N-dealkylation sites (tertiary alicyclic amines) is 1. The van der Waals surface area contributed by atoms with Gasteiger partial charge < -0.3 is 4.74 Å². The predicted octanol–water partition coefficient (Wildman–Crippen LogP) is 3.60. The van der Waals surface area contributed by atoms with E-state index in [1.807, 2.05) is 43.3 Å². The second-order valence-corrected chi connectivity index (χ2v) is 8.28. The fourth-order valence-electron chi connectivity index (χ4n) is 5.01. The highest BCUT2D eigenvalue weighted by molar-refractivity contribution is 6.68. The Morgan fingerprint density at radius 2 is 1.70 bits per heavy atom. The van der Waals surface area contributed by atoms with Crippen LogP contribution in [0.15, 0.2) is 65.7 Å². The third-order valence-corrected chi connectivity index (χ3v) is 6.86. The molecule has 2 aromatic carbocycles. The summed E-state index contributed by atoms with van der Waals surface area (Å²) < 4.78 is 5.93. The average Bonchev–Trinajstić information content (AvgIpc) is 3.11. The topological polar surface area (TPSA) is 41.9 Å². The summed E-state index contributed by atoms with van der Waals surface area (Å²) in [4.78, 5) is 20.3. The van der Waals surface area contributed by atoms with Crippen LogP contribution in [0.3, 0.4) is 0 Å². The molecule has 0 radical (unpaired) electrons. The van der Waals surface area contributed by atoms with E-state index in [9.17, 15) is 4.79 Å². The largest absolute Gasteiger partial charge is 0.449 e. The van der Waals surface area contributed by atoms with E-state index in [-0.39, 0.29) is 17.8 Å². The summed E-state index contributed by atoms with van der Waals surface area (Å²) in [6.45, 7) is 4.39. The SMILES string of the molecule is C[C@]12OC(=O)[C@](c3ccccc3)(N=C1Cl)[C@@H]1CN(Cc3ccccc3)C[C@@H]12. The number of rotatable bonds is 3. The maximum absolute atomic E-state index is 13.1. The zero-order valence-corrected chi connectivity index (χ0v) is 15.9. The lowest BCUT2D eigenvalue weighted by Crippen LogP contribution is -2.66. The Morgan fingerprint density at radius 3 is 2.41 bits per heavy atom. The first-order valence-electron chi connectivity index (χ1n) is 9.35. The van der Waals surface area contributed by atoms with Gasteiger partial charge >= 0.3 is 5.97 Å². The van der Waals surface area contributed by atoms with E-state index in [0.717, 1.165) is 25.2 Å². The van der Waals surface area contributed by atoms with Crippen molar-refractivity contribution in [2.75, 3.05) is 13.1 Å². The fourth-order valence-corrected chi connectivity index (χ4v) is 5.33. The monoisotopic (exact) mass is 380 g/mol. The summed E-state index contributed by atoms with van der Waals surface area (Å²) in [7, 11) is 0. The maximum Gasteiger partial charge on any atom is 0.340 e. The fraction of sp³-hybridized carbons (Fsp3) is 0.364. The van der Waals surface area contributed by atoms with Crippen LogP contribution < -0.4 is 0 Å². The van der Waals surface area contributed by atoms with Crippen LogP contribution in [0.1, 0.15) is 18.1 Å². The number of nitrogens with zero attached hydrogens (tertiary/aromatic N) is 2. The smallest absolute Gasteiger partial charge is 0.340 e. The number of hydrogen-bond acceptors (Lipinski definition) is 4. The third kappa shape index (κ3) is 2.33. The van der Waals surface area contributed by atoms with Crippen LogP contribution in [0.2, 0.25) is 0 Å². The Labute approximate surface area is 163 Å². The molecule has 2 bridgehead atoms. The van der Waals surface area contributed by atoms with Gasteiger partial charge in [0, 0.05) is 31.5 Å². The van der Waals surface area contributed by atoms with Crippen molar-refractivity contribution in [2.45, 2.75) is 24.6 Å². The van der Waals surface area contributed by atoms with E-state index in [1.54, 1.807) is 0 Å². The van der Waals surface area contributed by atoms with Gasteiger partial charge in [-0.1, -0.05) is 72.3 Å². The molecule has 5 heteroatoms. The molecule has 0 aliphatic carbocycles. The second kappa shape index (κ2) is 5.91. The van der Waals surface area contributed by atoms with Crippen LogP contribution in [0.25, 0.3) is 0 Å². The minimum atomic E-state index is -1.04. The molecule has 0 N–H and O–H groups in total. The van der Waals surface area contributed by atoms with Crippen LogP contribution in [-0.2, 0) is 21.6 Å². The Morgan fingerprint density at radius 1 is 1.07 bits per heavy atom. The predicted molar refractivity (Wildman–Crippen MR) is 105 cm³/mol. The quantitative estimate of drug-likeness (QED) is 0.764. The van der Waals surface area contributed by atoms with Crippen molar-refractivity contribution in [3.8, 4) is 0 Å². The molecule has 0 saturated carbocycles. The van der Waals surface area contributed by atoms with Crippen LogP contribution in [0, 0.1) is 11.8 Å². The summed E-state index contributed by atoms with van der Waals surface area (Å²) in [5.41, 5.74) is 0.269. The molecule has 0 amide bonds. The molecule has 138 valence electrons. The molecule has 2 fully saturated rings. The average molecular weight is 381 g/mol. The first-order valence-corrected chi connectivity index (χ1v) is 9.73. The molecule has 2 aromatic rings. The van der Waals surface area contributed by atoms with Gasteiger partial charge in [-0.15, -0.1) is 0 Å². The normalized spacial score (nSPS) is 34.9. The van der Waals surface area contributed by atoms with Gasteiger partial charge in [0.1, 0.15) is 5.17 Å². The first kappa shape index (κ1) is 17.0. The van der Waals surface area contributed by atoms with E-state index in [1.165, 1.54) is 5.56 Å². The highest BCUT2D eigenvalue weighted by Gasteiger charge is 2.69. The lowest BCUT2D eigenvalue weighted by molar-refractivity contribution is -0.183. The van der Waals surface area contributed by atoms with Crippen molar-refractivity contribution < 1.29 is 9.53 Å². The van der Waals surface area contributed by atoms with E-state index in [2.05, 4.69) is 29.2 Å². The van der Waals surface area contributed by atoms with Gasteiger partial charge in [-0.25, -0.2) is 9.79 Å². The van der Waals surface area contributed by atoms with Gasteiger partial charge in [0.25, 0.3) is 0 Å². The Balaban J connectivity index is 1.57. The van der Waals surface area contributed by atoms with E-state index < -0.39 is 11.1 Å². The van der Waals surface area contributed by atoms with Crippen molar-refractivity contribution >= 4 is 22.7 Å². The van der Waals surface area contributed by atoms with Crippen molar-refractivity contribution in [2.24, 2.45) is 16.8 Å². The zero-order chi connectivity index (χ0) is 18.6. The molecule has 0 aromatic heterocycles. The lowest BCUT2D eigenvalue weighted by Gasteiger charge is -2.53. The van der Waals surface area contributed by atoms with Crippen LogP contribution >= 0.6 is 11.6 Å². The molecule has 4 aliphatic rings.